The average Bonchev–Trinajstić information content (AvgIpc) is 2.62. The molecule has 2 aromatic carbocycles. The molecule has 1 fully saturated rings. The van der Waals surface area contributed by atoms with E-state index in [-0.39, 0.29) is 23.8 Å². The summed E-state index contributed by atoms with van der Waals surface area (Å²) >= 11 is 0. The number of anilines is 1. The van der Waals surface area contributed by atoms with Crippen LogP contribution in [0.4, 0.5) is 23.2 Å². The van der Waals surface area contributed by atoms with Crippen molar-refractivity contribution in [3.8, 4) is 0 Å². The van der Waals surface area contributed by atoms with E-state index >= 15 is 0 Å². The van der Waals surface area contributed by atoms with Gasteiger partial charge in [-0.1, -0.05) is 6.07 Å². The molecule has 0 aliphatic carbocycles. The summed E-state index contributed by atoms with van der Waals surface area (Å²) in [5.41, 5.74) is -0.231. The third kappa shape index (κ3) is 3.83. The average molecular weight is 388 g/mol. The van der Waals surface area contributed by atoms with Crippen molar-refractivity contribution in [1.82, 2.24) is 4.31 Å². The van der Waals surface area contributed by atoms with E-state index in [4.69, 9.17) is 0 Å². The topological polar surface area (TPSA) is 40.6 Å². The van der Waals surface area contributed by atoms with E-state index in [1.807, 2.05) is 4.90 Å². The van der Waals surface area contributed by atoms with E-state index in [1.54, 1.807) is 12.1 Å². The SMILES string of the molecule is O=S(=O)(c1cccc(C(F)(F)F)c1)N1CCN(c2ccc(F)cc2)CC1. The first-order valence-corrected chi connectivity index (χ1v) is 9.30. The Morgan fingerprint density at radius 2 is 1.50 bits per heavy atom. The molecule has 1 heterocycles. The molecule has 0 N–H and O–H groups in total. The van der Waals surface area contributed by atoms with Crippen LogP contribution in [-0.2, 0) is 16.2 Å². The van der Waals surface area contributed by atoms with Crippen molar-refractivity contribution in [3.63, 3.8) is 0 Å². The van der Waals surface area contributed by atoms with Gasteiger partial charge in [0.05, 0.1) is 10.5 Å². The molecule has 26 heavy (non-hydrogen) atoms. The molecule has 0 saturated carbocycles. The first-order valence-electron chi connectivity index (χ1n) is 7.86. The van der Waals surface area contributed by atoms with Crippen LogP contribution in [0.3, 0.4) is 0 Å². The van der Waals surface area contributed by atoms with Gasteiger partial charge in [0.15, 0.2) is 0 Å². The van der Waals surface area contributed by atoms with E-state index < -0.39 is 21.8 Å². The first-order chi connectivity index (χ1) is 12.2. The Hall–Kier alpha value is -2.13. The summed E-state index contributed by atoms with van der Waals surface area (Å²) in [5, 5.41) is 0. The minimum absolute atomic E-state index is 0.135. The number of hydrogen-bond acceptors (Lipinski definition) is 3. The van der Waals surface area contributed by atoms with E-state index in [0.717, 1.165) is 23.9 Å². The fraction of sp³-hybridized carbons (Fsp3) is 0.294. The summed E-state index contributed by atoms with van der Waals surface area (Å²) in [6.07, 6.45) is -4.60. The third-order valence-electron chi connectivity index (χ3n) is 4.23. The maximum absolute atomic E-state index is 13.0. The molecular formula is C17H16F4N2O2S. The van der Waals surface area contributed by atoms with Crippen molar-refractivity contribution < 1.29 is 26.0 Å². The lowest BCUT2D eigenvalue weighted by Gasteiger charge is -2.35. The largest absolute Gasteiger partial charge is 0.416 e. The highest BCUT2D eigenvalue weighted by atomic mass is 32.2. The maximum atomic E-state index is 13.0. The van der Waals surface area contributed by atoms with Crippen molar-refractivity contribution in [2.45, 2.75) is 11.1 Å². The second-order valence-corrected chi connectivity index (χ2v) is 7.83. The molecule has 0 atom stereocenters. The summed E-state index contributed by atoms with van der Waals surface area (Å²) in [6, 6.07) is 9.59. The van der Waals surface area contributed by atoms with E-state index in [2.05, 4.69) is 0 Å². The van der Waals surface area contributed by atoms with Crippen molar-refractivity contribution in [3.05, 3.63) is 59.9 Å². The number of hydrogen-bond donors (Lipinski definition) is 0. The zero-order valence-electron chi connectivity index (χ0n) is 13.6. The normalized spacial score (nSPS) is 16.7. The Kier molecular flexibility index (Phi) is 4.94. The lowest BCUT2D eigenvalue weighted by atomic mass is 10.2. The summed E-state index contributed by atoms with van der Waals surface area (Å²) in [7, 11) is -4.01. The molecule has 0 amide bonds. The predicted molar refractivity (Wildman–Crippen MR) is 88.8 cm³/mol. The van der Waals surface area contributed by atoms with Crippen LogP contribution in [0.25, 0.3) is 0 Å². The zero-order valence-corrected chi connectivity index (χ0v) is 14.4. The summed E-state index contributed by atoms with van der Waals surface area (Å²) in [6.45, 7) is 1.000. The number of nitrogens with zero attached hydrogens (tertiary/aromatic N) is 2. The number of halogens is 4. The number of sulfonamides is 1. The van der Waals surface area contributed by atoms with Crippen LogP contribution in [0.5, 0.6) is 0 Å². The maximum Gasteiger partial charge on any atom is 0.416 e. The van der Waals surface area contributed by atoms with Gasteiger partial charge in [-0.15, -0.1) is 0 Å². The molecule has 0 aromatic heterocycles. The molecule has 1 aliphatic rings. The predicted octanol–water partition coefficient (Wildman–Crippen LogP) is 3.36. The smallest absolute Gasteiger partial charge is 0.369 e. The number of rotatable bonds is 3. The van der Waals surface area contributed by atoms with Crippen molar-refractivity contribution in [1.29, 1.82) is 0 Å². The van der Waals surface area contributed by atoms with Crippen LogP contribution >= 0.6 is 0 Å². The van der Waals surface area contributed by atoms with Gasteiger partial charge < -0.3 is 4.90 Å². The van der Waals surface area contributed by atoms with Crippen molar-refractivity contribution in [2.75, 3.05) is 31.1 Å². The molecule has 0 unspecified atom stereocenters. The van der Waals surface area contributed by atoms with Crippen LogP contribution in [0, 0.1) is 5.82 Å². The number of benzene rings is 2. The summed E-state index contributed by atoms with van der Waals surface area (Å²) < 4.78 is 77.9. The van der Waals surface area contributed by atoms with E-state index in [9.17, 15) is 26.0 Å². The highest BCUT2D eigenvalue weighted by Crippen LogP contribution is 2.31. The lowest BCUT2D eigenvalue weighted by Crippen LogP contribution is -2.48. The molecule has 0 bridgehead atoms. The van der Waals surface area contributed by atoms with E-state index in [0.29, 0.717) is 19.2 Å². The van der Waals surface area contributed by atoms with Crippen LogP contribution in [0.1, 0.15) is 5.56 Å². The Morgan fingerprint density at radius 3 is 2.08 bits per heavy atom. The first kappa shape index (κ1) is 18.7. The Labute approximate surface area is 148 Å². The zero-order chi connectivity index (χ0) is 18.9. The van der Waals surface area contributed by atoms with Crippen LogP contribution in [-0.4, -0.2) is 38.9 Å². The monoisotopic (exact) mass is 388 g/mol. The molecule has 9 heteroatoms. The molecule has 4 nitrogen and oxygen atoms in total. The third-order valence-corrected chi connectivity index (χ3v) is 6.12. The number of piperazine rings is 1. The standard InChI is InChI=1S/C17H16F4N2O2S/c18-14-4-6-15(7-5-14)22-8-10-23(11-9-22)26(24,25)16-3-1-2-13(12-16)17(19,20)21/h1-7,12H,8-11H2. The van der Waals surface area contributed by atoms with Crippen molar-refractivity contribution >= 4 is 15.7 Å². The Balaban J connectivity index is 1.75. The van der Waals surface area contributed by atoms with Crippen LogP contribution < -0.4 is 4.90 Å². The fourth-order valence-electron chi connectivity index (χ4n) is 2.82. The molecule has 140 valence electrons. The molecule has 2 aromatic rings. The van der Waals surface area contributed by atoms with Gasteiger partial charge in [0, 0.05) is 31.9 Å². The Morgan fingerprint density at radius 1 is 0.885 bits per heavy atom. The second-order valence-electron chi connectivity index (χ2n) is 5.89. The van der Waals surface area contributed by atoms with Gasteiger partial charge in [0.1, 0.15) is 5.82 Å². The highest BCUT2D eigenvalue weighted by Gasteiger charge is 2.34. The molecular weight excluding hydrogens is 372 g/mol. The van der Waals surface area contributed by atoms with Gasteiger partial charge in [-0.25, -0.2) is 12.8 Å². The van der Waals surface area contributed by atoms with Gasteiger partial charge in [0.2, 0.25) is 10.0 Å². The highest BCUT2D eigenvalue weighted by molar-refractivity contribution is 7.89. The van der Waals surface area contributed by atoms with Gasteiger partial charge in [0.25, 0.3) is 0 Å². The minimum atomic E-state index is -4.60. The van der Waals surface area contributed by atoms with Crippen LogP contribution in [0.2, 0.25) is 0 Å². The number of alkyl halides is 3. The molecule has 3 rings (SSSR count). The van der Waals surface area contributed by atoms with Crippen molar-refractivity contribution in [2.24, 2.45) is 0 Å². The second kappa shape index (κ2) is 6.88. The van der Waals surface area contributed by atoms with E-state index in [1.165, 1.54) is 16.4 Å². The fourth-order valence-corrected chi connectivity index (χ4v) is 4.29. The van der Waals surface area contributed by atoms with Gasteiger partial charge in [-0.3, -0.25) is 0 Å². The molecule has 0 spiro atoms. The Bertz CT molecular complexity index is 874. The minimum Gasteiger partial charge on any atom is -0.369 e. The molecule has 0 radical (unpaired) electrons. The quantitative estimate of drug-likeness (QED) is 0.758. The van der Waals surface area contributed by atoms with Gasteiger partial charge in [-0.05, 0) is 42.5 Å². The lowest BCUT2D eigenvalue weighted by molar-refractivity contribution is -0.137. The van der Waals surface area contributed by atoms with Gasteiger partial charge in [-0.2, -0.15) is 17.5 Å². The molecule has 1 aliphatic heterocycles. The summed E-state index contributed by atoms with van der Waals surface area (Å²) in [5.74, 6) is -0.362. The summed E-state index contributed by atoms with van der Waals surface area (Å²) in [4.78, 5) is 1.53. The van der Waals surface area contributed by atoms with Crippen LogP contribution in [0.15, 0.2) is 53.4 Å². The van der Waals surface area contributed by atoms with Gasteiger partial charge >= 0.3 is 6.18 Å². The molecule has 1 saturated heterocycles.